The number of hydrogen-bond acceptors (Lipinski definition) is 4. The fraction of sp³-hybridized carbons (Fsp3) is 0.800. The summed E-state index contributed by atoms with van der Waals surface area (Å²) in [6.45, 7) is 0.359. The first kappa shape index (κ1) is 14.9. The van der Waals surface area contributed by atoms with Crippen molar-refractivity contribution in [2.45, 2.75) is 31.7 Å². The highest BCUT2D eigenvalue weighted by atomic mass is 32.2. The molecule has 0 radical (unpaired) electrons. The predicted octanol–water partition coefficient (Wildman–Crippen LogP) is -0.609. The molecule has 8 heteroatoms. The van der Waals surface area contributed by atoms with E-state index in [1.54, 1.807) is 0 Å². The Morgan fingerprint density at radius 3 is 2.61 bits per heavy atom. The number of nitrogens with zero attached hydrogens (tertiary/aromatic N) is 1. The first-order valence-electron chi connectivity index (χ1n) is 5.78. The van der Waals surface area contributed by atoms with E-state index in [-0.39, 0.29) is 13.0 Å². The van der Waals surface area contributed by atoms with Gasteiger partial charge in [0.05, 0.1) is 12.7 Å². The van der Waals surface area contributed by atoms with Crippen molar-refractivity contribution in [3.63, 3.8) is 0 Å². The Morgan fingerprint density at radius 1 is 1.39 bits per heavy atom. The molecule has 1 aliphatic rings. The van der Waals surface area contributed by atoms with Crippen LogP contribution in [0.15, 0.2) is 0 Å². The van der Waals surface area contributed by atoms with Crippen LogP contribution in [0.1, 0.15) is 25.7 Å². The van der Waals surface area contributed by atoms with Crippen LogP contribution in [0.5, 0.6) is 0 Å². The van der Waals surface area contributed by atoms with Gasteiger partial charge in [-0.25, -0.2) is 8.42 Å². The van der Waals surface area contributed by atoms with E-state index in [1.807, 2.05) is 0 Å². The van der Waals surface area contributed by atoms with Crippen LogP contribution in [-0.2, 0) is 19.6 Å². The summed E-state index contributed by atoms with van der Waals surface area (Å²) in [4.78, 5) is 22.1. The van der Waals surface area contributed by atoms with Crippen molar-refractivity contribution in [1.29, 1.82) is 0 Å². The fourth-order valence-corrected chi connectivity index (χ4v) is 3.10. The van der Waals surface area contributed by atoms with Gasteiger partial charge in [-0.05, 0) is 12.8 Å². The number of sulfonamides is 1. The SMILES string of the molecule is CS(=O)(=O)N1CCCCC1C(=O)NCCC(=O)O. The third kappa shape index (κ3) is 4.26. The fourth-order valence-electron chi connectivity index (χ4n) is 1.97. The third-order valence-corrected chi connectivity index (χ3v) is 4.11. The van der Waals surface area contributed by atoms with Crippen molar-refractivity contribution < 1.29 is 23.1 Å². The highest BCUT2D eigenvalue weighted by Gasteiger charge is 2.34. The summed E-state index contributed by atoms with van der Waals surface area (Å²) in [5.41, 5.74) is 0. The first-order chi connectivity index (χ1) is 8.32. The molecule has 1 fully saturated rings. The number of carbonyl (C=O) groups excluding carboxylic acids is 1. The number of carboxylic acid groups (broad SMARTS) is 1. The molecular weight excluding hydrogens is 260 g/mol. The van der Waals surface area contributed by atoms with E-state index in [0.717, 1.165) is 19.1 Å². The Morgan fingerprint density at radius 2 is 2.06 bits per heavy atom. The summed E-state index contributed by atoms with van der Waals surface area (Å²) in [6.07, 6.45) is 2.92. The van der Waals surface area contributed by atoms with Crippen LogP contribution < -0.4 is 5.32 Å². The molecule has 0 aromatic rings. The number of hydrogen-bond donors (Lipinski definition) is 2. The van der Waals surface area contributed by atoms with Gasteiger partial charge >= 0.3 is 5.97 Å². The molecule has 1 rings (SSSR count). The average Bonchev–Trinajstić information content (AvgIpc) is 2.27. The van der Waals surface area contributed by atoms with Gasteiger partial charge in [0.1, 0.15) is 6.04 Å². The Labute approximate surface area is 106 Å². The molecule has 0 aromatic heterocycles. The average molecular weight is 278 g/mol. The molecule has 0 bridgehead atoms. The minimum Gasteiger partial charge on any atom is -0.481 e. The second-order valence-electron chi connectivity index (χ2n) is 4.32. The molecule has 0 aliphatic carbocycles. The molecule has 18 heavy (non-hydrogen) atoms. The second-order valence-corrected chi connectivity index (χ2v) is 6.26. The normalized spacial score (nSPS) is 21.5. The van der Waals surface area contributed by atoms with Crippen molar-refractivity contribution in [1.82, 2.24) is 9.62 Å². The largest absolute Gasteiger partial charge is 0.481 e. The molecule has 0 saturated carbocycles. The van der Waals surface area contributed by atoms with Crippen molar-refractivity contribution in [3.05, 3.63) is 0 Å². The molecule has 1 heterocycles. The zero-order valence-electron chi connectivity index (χ0n) is 10.3. The van der Waals surface area contributed by atoms with Gasteiger partial charge in [0.15, 0.2) is 0 Å². The highest BCUT2D eigenvalue weighted by Crippen LogP contribution is 2.19. The zero-order chi connectivity index (χ0) is 13.8. The summed E-state index contributed by atoms with van der Waals surface area (Å²) in [5, 5.41) is 10.9. The molecule has 1 atom stereocenters. The first-order valence-corrected chi connectivity index (χ1v) is 7.63. The number of rotatable bonds is 5. The van der Waals surface area contributed by atoms with Crippen LogP contribution in [0.4, 0.5) is 0 Å². The monoisotopic (exact) mass is 278 g/mol. The topological polar surface area (TPSA) is 104 Å². The van der Waals surface area contributed by atoms with E-state index in [1.165, 1.54) is 4.31 Å². The maximum atomic E-state index is 11.8. The number of piperidine rings is 1. The van der Waals surface area contributed by atoms with E-state index in [4.69, 9.17) is 5.11 Å². The molecular formula is C10H18N2O5S. The second kappa shape index (κ2) is 6.14. The lowest BCUT2D eigenvalue weighted by atomic mass is 10.0. The molecule has 1 saturated heterocycles. The van der Waals surface area contributed by atoms with Gasteiger partial charge in [0.2, 0.25) is 15.9 Å². The van der Waals surface area contributed by atoms with E-state index < -0.39 is 27.9 Å². The maximum absolute atomic E-state index is 11.8. The lowest BCUT2D eigenvalue weighted by Crippen LogP contribution is -2.51. The summed E-state index contributed by atoms with van der Waals surface area (Å²) >= 11 is 0. The summed E-state index contributed by atoms with van der Waals surface area (Å²) < 4.78 is 24.3. The number of amides is 1. The van der Waals surface area contributed by atoms with Gasteiger partial charge < -0.3 is 10.4 Å². The van der Waals surface area contributed by atoms with Crippen LogP contribution in [0.25, 0.3) is 0 Å². The summed E-state index contributed by atoms with van der Waals surface area (Å²) in [6, 6.07) is -0.706. The van der Waals surface area contributed by atoms with Crippen LogP contribution in [0.3, 0.4) is 0 Å². The maximum Gasteiger partial charge on any atom is 0.305 e. The standard InChI is InChI=1S/C10H18N2O5S/c1-18(16,17)12-7-3-2-4-8(12)10(15)11-6-5-9(13)14/h8H,2-7H2,1H3,(H,11,15)(H,13,14). The Bertz CT molecular complexity index is 420. The van der Waals surface area contributed by atoms with Gasteiger partial charge in [-0.3, -0.25) is 9.59 Å². The van der Waals surface area contributed by atoms with E-state index in [9.17, 15) is 18.0 Å². The minimum atomic E-state index is -3.41. The van der Waals surface area contributed by atoms with E-state index >= 15 is 0 Å². The Hall–Kier alpha value is -1.15. The third-order valence-electron chi connectivity index (χ3n) is 2.82. The van der Waals surface area contributed by atoms with Crippen LogP contribution >= 0.6 is 0 Å². The highest BCUT2D eigenvalue weighted by molar-refractivity contribution is 7.88. The summed E-state index contributed by atoms with van der Waals surface area (Å²) in [5.74, 6) is -1.42. The minimum absolute atomic E-state index is 0.0161. The molecule has 1 unspecified atom stereocenters. The molecule has 1 aliphatic heterocycles. The number of carbonyl (C=O) groups is 2. The van der Waals surface area contributed by atoms with Crippen LogP contribution in [0.2, 0.25) is 0 Å². The van der Waals surface area contributed by atoms with E-state index in [2.05, 4.69) is 5.32 Å². The lowest BCUT2D eigenvalue weighted by Gasteiger charge is -2.32. The molecule has 1 amide bonds. The molecule has 2 N–H and O–H groups in total. The van der Waals surface area contributed by atoms with Crippen molar-refractivity contribution >= 4 is 21.9 Å². The van der Waals surface area contributed by atoms with Crippen LogP contribution in [0, 0.1) is 0 Å². The molecule has 0 aromatic carbocycles. The van der Waals surface area contributed by atoms with Gasteiger partial charge in [-0.1, -0.05) is 6.42 Å². The zero-order valence-corrected chi connectivity index (χ0v) is 11.1. The smallest absolute Gasteiger partial charge is 0.305 e. The number of carboxylic acids is 1. The van der Waals surface area contributed by atoms with Gasteiger partial charge in [0.25, 0.3) is 0 Å². The van der Waals surface area contributed by atoms with Crippen LogP contribution in [-0.4, -0.2) is 55.1 Å². The Balaban J connectivity index is 2.61. The molecule has 0 spiro atoms. The number of aliphatic carboxylic acids is 1. The van der Waals surface area contributed by atoms with E-state index in [0.29, 0.717) is 13.0 Å². The molecule has 104 valence electrons. The van der Waals surface area contributed by atoms with Crippen molar-refractivity contribution in [3.8, 4) is 0 Å². The number of nitrogens with one attached hydrogen (secondary N) is 1. The van der Waals surface area contributed by atoms with Gasteiger partial charge in [0, 0.05) is 13.1 Å². The van der Waals surface area contributed by atoms with Gasteiger partial charge in [-0.15, -0.1) is 0 Å². The van der Waals surface area contributed by atoms with Crippen molar-refractivity contribution in [2.75, 3.05) is 19.3 Å². The predicted molar refractivity (Wildman–Crippen MR) is 64.5 cm³/mol. The van der Waals surface area contributed by atoms with Gasteiger partial charge in [-0.2, -0.15) is 4.31 Å². The quantitative estimate of drug-likeness (QED) is 0.698. The van der Waals surface area contributed by atoms with Crippen molar-refractivity contribution in [2.24, 2.45) is 0 Å². The Kier molecular flexibility index (Phi) is 5.09. The summed E-state index contributed by atoms with van der Waals surface area (Å²) in [7, 11) is -3.41. The lowest BCUT2D eigenvalue weighted by molar-refractivity contribution is -0.137. The molecule has 7 nitrogen and oxygen atoms in total.